The van der Waals surface area contributed by atoms with E-state index in [4.69, 9.17) is 17.0 Å². The first-order valence-corrected chi connectivity index (χ1v) is 16.2. The zero-order valence-corrected chi connectivity index (χ0v) is 24.4. The summed E-state index contributed by atoms with van der Waals surface area (Å²) in [5, 5.41) is 8.77. The number of hydrogen-bond donors (Lipinski definition) is 1. The number of hydroxylamine groups is 1. The number of halogens is 1. The Bertz CT molecular complexity index is 417. The van der Waals surface area contributed by atoms with Crippen LogP contribution in [0.1, 0.15) is 193 Å². The summed E-state index contributed by atoms with van der Waals surface area (Å²) in [6.07, 6.45) is 39.1. The zero-order chi connectivity index (χ0) is 25.7. The van der Waals surface area contributed by atoms with Gasteiger partial charge in [0.15, 0.2) is 0 Å². The van der Waals surface area contributed by atoms with Gasteiger partial charge >= 0.3 is 0 Å². The standard InChI is InChI=1S/C31H62ClNO2/c1-2-3-4-5-6-7-8-9-10-11-12-13-14-15-16-17-18-19-20-21-22-23-24-25-26-27-28-29-30-31(34)33(32)35/h35H,2-30H2,1H3. The number of carbonyl (C=O) groups excluding carboxylic acids is 1. The van der Waals surface area contributed by atoms with Crippen LogP contribution in [0.15, 0.2) is 0 Å². The molecular weight excluding hydrogens is 454 g/mol. The highest BCUT2D eigenvalue weighted by atomic mass is 35.5. The maximum Gasteiger partial charge on any atom is 0.261 e. The van der Waals surface area contributed by atoms with E-state index >= 15 is 0 Å². The van der Waals surface area contributed by atoms with Crippen LogP contribution in [0.3, 0.4) is 0 Å². The Morgan fingerprint density at radius 3 is 0.857 bits per heavy atom. The average Bonchev–Trinajstić information content (AvgIpc) is 2.85. The third-order valence-electron chi connectivity index (χ3n) is 7.45. The van der Waals surface area contributed by atoms with Crippen molar-refractivity contribution in [2.45, 2.75) is 193 Å². The zero-order valence-electron chi connectivity index (χ0n) is 23.7. The van der Waals surface area contributed by atoms with Crippen LogP contribution in [-0.2, 0) is 4.79 Å². The minimum Gasteiger partial charge on any atom is -0.271 e. The van der Waals surface area contributed by atoms with E-state index in [1.807, 2.05) is 0 Å². The first kappa shape index (κ1) is 34.7. The quantitative estimate of drug-likeness (QED) is 0.0465. The van der Waals surface area contributed by atoms with Crippen molar-refractivity contribution in [1.29, 1.82) is 0 Å². The Labute approximate surface area is 225 Å². The highest BCUT2D eigenvalue weighted by Crippen LogP contribution is 2.16. The van der Waals surface area contributed by atoms with Crippen LogP contribution in [0, 0.1) is 0 Å². The summed E-state index contributed by atoms with van der Waals surface area (Å²) in [5.41, 5.74) is 0. The van der Waals surface area contributed by atoms with Gasteiger partial charge in [-0.1, -0.05) is 180 Å². The summed E-state index contributed by atoms with van der Waals surface area (Å²) in [6, 6.07) is 0. The summed E-state index contributed by atoms with van der Waals surface area (Å²) in [4.78, 5) is 11.1. The Hall–Kier alpha value is -0.280. The monoisotopic (exact) mass is 515 g/mol. The molecule has 0 aromatic heterocycles. The summed E-state index contributed by atoms with van der Waals surface area (Å²) in [7, 11) is 0. The van der Waals surface area contributed by atoms with Crippen molar-refractivity contribution >= 4 is 17.7 Å². The van der Waals surface area contributed by atoms with Gasteiger partial charge in [0.05, 0.1) is 0 Å². The molecule has 0 aliphatic rings. The van der Waals surface area contributed by atoms with Crippen LogP contribution in [-0.4, -0.2) is 15.7 Å². The minimum absolute atomic E-state index is 0.182. The second kappa shape index (κ2) is 29.9. The van der Waals surface area contributed by atoms with Gasteiger partial charge in [-0.05, 0) is 6.42 Å². The maximum absolute atomic E-state index is 11.1. The first-order chi connectivity index (χ1) is 17.2. The van der Waals surface area contributed by atoms with Gasteiger partial charge in [-0.15, -0.1) is 4.58 Å². The van der Waals surface area contributed by atoms with E-state index in [2.05, 4.69) is 6.92 Å². The molecular formula is C31H62ClNO2. The molecule has 3 nitrogen and oxygen atoms in total. The summed E-state index contributed by atoms with van der Waals surface area (Å²) >= 11 is 5.18. The van der Waals surface area contributed by atoms with Crippen LogP contribution in [0.25, 0.3) is 0 Å². The maximum atomic E-state index is 11.1. The normalized spacial score (nSPS) is 11.3. The van der Waals surface area contributed by atoms with E-state index in [1.54, 1.807) is 0 Å². The molecule has 0 saturated carbocycles. The van der Waals surface area contributed by atoms with Crippen molar-refractivity contribution < 1.29 is 10.0 Å². The number of unbranched alkanes of at least 4 members (excludes halogenated alkanes) is 27. The predicted octanol–water partition coefficient (Wildman–Crippen LogP) is 11.7. The molecule has 0 radical (unpaired) electrons. The van der Waals surface area contributed by atoms with Gasteiger partial charge in [0.1, 0.15) is 0 Å². The van der Waals surface area contributed by atoms with Crippen LogP contribution < -0.4 is 0 Å². The van der Waals surface area contributed by atoms with Gasteiger partial charge in [-0.25, -0.2) is 0 Å². The molecule has 0 aliphatic carbocycles. The van der Waals surface area contributed by atoms with Gasteiger partial charge in [-0.2, -0.15) is 0 Å². The van der Waals surface area contributed by atoms with Gasteiger partial charge in [0.25, 0.3) is 5.91 Å². The fourth-order valence-corrected chi connectivity index (χ4v) is 5.12. The molecule has 0 aromatic rings. The predicted molar refractivity (Wildman–Crippen MR) is 154 cm³/mol. The van der Waals surface area contributed by atoms with Gasteiger partial charge in [-0.3, -0.25) is 10.0 Å². The second-order valence-electron chi connectivity index (χ2n) is 10.9. The van der Waals surface area contributed by atoms with Crippen molar-refractivity contribution in [3.63, 3.8) is 0 Å². The van der Waals surface area contributed by atoms with Crippen LogP contribution in [0.4, 0.5) is 0 Å². The molecule has 0 heterocycles. The Balaban J connectivity index is 3.05. The highest BCUT2D eigenvalue weighted by Gasteiger charge is 2.06. The fourth-order valence-electron chi connectivity index (χ4n) is 5.04. The molecule has 0 rings (SSSR count). The van der Waals surface area contributed by atoms with Gasteiger partial charge < -0.3 is 0 Å². The van der Waals surface area contributed by atoms with E-state index < -0.39 is 5.91 Å². The number of rotatable bonds is 29. The molecule has 0 bridgehead atoms. The molecule has 0 unspecified atom stereocenters. The third-order valence-corrected chi connectivity index (χ3v) is 7.64. The molecule has 1 amide bonds. The van der Waals surface area contributed by atoms with Crippen LogP contribution in [0.2, 0.25) is 0 Å². The SMILES string of the molecule is CCCCCCCCCCCCCCCCCCCCCCCCCCCCCCC(=O)N(O)Cl. The van der Waals surface area contributed by atoms with Gasteiger partial charge in [0, 0.05) is 18.2 Å². The van der Waals surface area contributed by atoms with E-state index in [9.17, 15) is 4.79 Å². The molecule has 4 heteroatoms. The van der Waals surface area contributed by atoms with E-state index in [0.29, 0.717) is 6.42 Å². The van der Waals surface area contributed by atoms with Gasteiger partial charge in [0.2, 0.25) is 0 Å². The molecule has 35 heavy (non-hydrogen) atoms. The molecule has 210 valence electrons. The van der Waals surface area contributed by atoms with E-state index in [0.717, 1.165) is 12.8 Å². The highest BCUT2D eigenvalue weighted by molar-refractivity contribution is 6.19. The lowest BCUT2D eigenvalue weighted by Gasteiger charge is -2.05. The van der Waals surface area contributed by atoms with Crippen molar-refractivity contribution in [3.05, 3.63) is 0 Å². The lowest BCUT2D eigenvalue weighted by Crippen LogP contribution is -2.16. The van der Waals surface area contributed by atoms with E-state index in [-0.39, 0.29) is 4.58 Å². The average molecular weight is 516 g/mol. The lowest BCUT2D eigenvalue weighted by molar-refractivity contribution is -0.146. The number of amides is 1. The molecule has 0 fully saturated rings. The van der Waals surface area contributed by atoms with Crippen LogP contribution >= 0.6 is 11.8 Å². The Kier molecular flexibility index (Phi) is 29.7. The second-order valence-corrected chi connectivity index (χ2v) is 11.3. The van der Waals surface area contributed by atoms with E-state index in [1.165, 1.54) is 167 Å². The topological polar surface area (TPSA) is 40.5 Å². The lowest BCUT2D eigenvalue weighted by atomic mass is 10.0. The third kappa shape index (κ3) is 29.8. The fraction of sp³-hybridized carbons (Fsp3) is 0.968. The number of nitrogens with zero attached hydrogens (tertiary/aromatic N) is 1. The minimum atomic E-state index is -0.401. The Morgan fingerprint density at radius 2 is 0.657 bits per heavy atom. The molecule has 1 N–H and O–H groups in total. The summed E-state index contributed by atoms with van der Waals surface area (Å²) in [6.45, 7) is 2.30. The van der Waals surface area contributed by atoms with Crippen molar-refractivity contribution in [1.82, 2.24) is 4.58 Å². The number of hydrogen-bond acceptors (Lipinski definition) is 2. The molecule has 0 atom stereocenters. The summed E-state index contributed by atoms with van der Waals surface area (Å²) in [5.74, 6) is -0.401. The molecule has 0 aromatic carbocycles. The molecule has 0 saturated heterocycles. The molecule has 0 aliphatic heterocycles. The summed E-state index contributed by atoms with van der Waals surface area (Å²) < 4.78 is 0.182. The van der Waals surface area contributed by atoms with Crippen molar-refractivity contribution in [2.24, 2.45) is 0 Å². The van der Waals surface area contributed by atoms with Crippen molar-refractivity contribution in [3.8, 4) is 0 Å². The van der Waals surface area contributed by atoms with Crippen molar-refractivity contribution in [2.75, 3.05) is 0 Å². The first-order valence-electron chi connectivity index (χ1n) is 15.9. The van der Waals surface area contributed by atoms with Crippen LogP contribution in [0.5, 0.6) is 0 Å². The smallest absolute Gasteiger partial charge is 0.261 e. The Morgan fingerprint density at radius 1 is 0.457 bits per heavy atom. The number of carbonyl (C=O) groups is 1. The largest absolute Gasteiger partial charge is 0.271 e. The molecule has 0 spiro atoms.